The molecule has 1 fully saturated rings. The molecule has 15 heteroatoms. The van der Waals surface area contributed by atoms with Gasteiger partial charge in [0.1, 0.15) is 11.6 Å². The predicted octanol–water partition coefficient (Wildman–Crippen LogP) is 6.23. The number of sulfonamides is 1. The zero-order chi connectivity index (χ0) is 32.9. The summed E-state index contributed by atoms with van der Waals surface area (Å²) in [6.07, 6.45) is 5.83. The van der Waals surface area contributed by atoms with Crippen molar-refractivity contribution in [3.8, 4) is 11.6 Å². The van der Waals surface area contributed by atoms with Crippen molar-refractivity contribution < 1.29 is 30.8 Å². The Morgan fingerprint density at radius 1 is 0.894 bits per heavy atom. The zero-order valence-corrected chi connectivity index (χ0v) is 28.1. The third-order valence-electron chi connectivity index (χ3n) is 7.43. The van der Waals surface area contributed by atoms with Gasteiger partial charge in [-0.05, 0) is 97.6 Å². The SMILES string of the molecule is CS(=O)(=O)Nc1cc(NC(=O)Nc2ccc(C3CCN(Cc4ccc(Oc5ccc(S(C)(=O)=O)cc5)nc4)CC3)cc2)ccc1F.Cl. The highest BCUT2D eigenvalue weighted by molar-refractivity contribution is 7.92. The summed E-state index contributed by atoms with van der Waals surface area (Å²) in [5.74, 6) is 0.568. The number of rotatable bonds is 10. The van der Waals surface area contributed by atoms with Gasteiger partial charge in [-0.2, -0.15) is 0 Å². The standard InChI is InChI=1S/C32H34FN5O6S2.ClH/c1-45(40,41)28-11-9-27(10-12-28)44-31-14-3-22(20-34-31)21-38-17-15-24(16-18-38)23-4-6-25(7-5-23)35-32(39)36-26-8-13-29(33)30(19-26)37-46(2,42)43;/h3-14,19-20,24,37H,15-18,21H2,1-2H3,(H2,35,36,39);1H. The summed E-state index contributed by atoms with van der Waals surface area (Å²) in [5, 5.41) is 5.31. The van der Waals surface area contributed by atoms with Crippen molar-refractivity contribution in [2.45, 2.75) is 30.2 Å². The quantitative estimate of drug-likeness (QED) is 0.176. The number of hydrogen-bond donors (Lipinski definition) is 3. The lowest BCUT2D eigenvalue weighted by molar-refractivity contribution is 0.204. The number of halogens is 2. The third kappa shape index (κ3) is 10.4. The predicted molar refractivity (Wildman–Crippen MR) is 182 cm³/mol. The van der Waals surface area contributed by atoms with Crippen LogP contribution >= 0.6 is 12.4 Å². The number of carbonyl (C=O) groups is 1. The van der Waals surface area contributed by atoms with E-state index < -0.39 is 31.7 Å². The average Bonchev–Trinajstić information content (AvgIpc) is 3.00. The fourth-order valence-electron chi connectivity index (χ4n) is 5.14. The van der Waals surface area contributed by atoms with Crippen LogP contribution in [0.2, 0.25) is 0 Å². The Hall–Kier alpha value is -4.24. The van der Waals surface area contributed by atoms with Gasteiger partial charge in [0.15, 0.2) is 9.84 Å². The highest BCUT2D eigenvalue weighted by atomic mass is 35.5. The van der Waals surface area contributed by atoms with E-state index in [1.165, 1.54) is 29.8 Å². The maximum atomic E-state index is 13.9. The molecule has 0 saturated carbocycles. The van der Waals surface area contributed by atoms with Gasteiger partial charge in [0.25, 0.3) is 0 Å². The number of benzene rings is 3. The van der Waals surface area contributed by atoms with Crippen LogP contribution < -0.4 is 20.1 Å². The van der Waals surface area contributed by atoms with Gasteiger partial charge in [0.2, 0.25) is 15.9 Å². The van der Waals surface area contributed by atoms with Crippen LogP contribution in [0, 0.1) is 5.82 Å². The number of anilines is 3. The van der Waals surface area contributed by atoms with E-state index in [4.69, 9.17) is 4.74 Å². The molecule has 2 amide bonds. The van der Waals surface area contributed by atoms with E-state index in [-0.39, 0.29) is 28.7 Å². The highest BCUT2D eigenvalue weighted by Crippen LogP contribution is 2.30. The summed E-state index contributed by atoms with van der Waals surface area (Å²) in [6, 6.07) is 20.7. The molecule has 3 N–H and O–H groups in total. The lowest BCUT2D eigenvalue weighted by Gasteiger charge is -2.32. The van der Waals surface area contributed by atoms with Gasteiger partial charge < -0.3 is 15.4 Å². The molecule has 3 aromatic carbocycles. The van der Waals surface area contributed by atoms with Crippen molar-refractivity contribution in [3.63, 3.8) is 0 Å². The second-order valence-electron chi connectivity index (χ2n) is 11.2. The monoisotopic (exact) mass is 703 g/mol. The molecule has 0 aliphatic carbocycles. The van der Waals surface area contributed by atoms with Crippen molar-refractivity contribution in [2.75, 3.05) is 41.0 Å². The molecule has 0 bridgehead atoms. The van der Waals surface area contributed by atoms with Crippen molar-refractivity contribution in [3.05, 3.63) is 102 Å². The van der Waals surface area contributed by atoms with Crippen LogP contribution in [0.5, 0.6) is 11.6 Å². The molecule has 1 aliphatic rings. The Bertz CT molecular complexity index is 1900. The van der Waals surface area contributed by atoms with E-state index in [1.807, 2.05) is 30.3 Å². The maximum Gasteiger partial charge on any atom is 0.323 e. The van der Waals surface area contributed by atoms with E-state index in [2.05, 4.69) is 25.2 Å². The molecule has 0 spiro atoms. The average molecular weight is 704 g/mol. The van der Waals surface area contributed by atoms with Crippen LogP contribution in [0.1, 0.15) is 29.9 Å². The highest BCUT2D eigenvalue weighted by Gasteiger charge is 2.21. The summed E-state index contributed by atoms with van der Waals surface area (Å²) in [4.78, 5) is 19.5. The van der Waals surface area contributed by atoms with Crippen LogP contribution in [-0.4, -0.2) is 58.4 Å². The van der Waals surface area contributed by atoms with E-state index in [0.29, 0.717) is 23.2 Å². The summed E-state index contributed by atoms with van der Waals surface area (Å²) in [7, 11) is -6.95. The number of aromatic nitrogens is 1. The number of pyridine rings is 1. The Kier molecular flexibility index (Phi) is 11.4. The molecule has 5 rings (SSSR count). The summed E-state index contributed by atoms with van der Waals surface area (Å²) in [6.45, 7) is 2.61. The number of amides is 2. The number of urea groups is 1. The van der Waals surface area contributed by atoms with Crippen molar-refractivity contribution in [2.24, 2.45) is 0 Å². The van der Waals surface area contributed by atoms with Gasteiger partial charge >= 0.3 is 6.03 Å². The molecule has 47 heavy (non-hydrogen) atoms. The number of hydrogen-bond acceptors (Lipinski definition) is 8. The molecular formula is C32H35ClFN5O6S2. The molecule has 1 aliphatic heterocycles. The molecule has 250 valence electrons. The minimum absolute atomic E-state index is 0. The fourth-order valence-corrected chi connectivity index (χ4v) is 6.32. The second-order valence-corrected chi connectivity index (χ2v) is 14.9. The molecule has 1 aromatic heterocycles. The molecule has 0 unspecified atom stereocenters. The largest absolute Gasteiger partial charge is 0.439 e. The topological polar surface area (TPSA) is 147 Å². The van der Waals surface area contributed by atoms with Gasteiger partial charge in [0.05, 0.1) is 16.8 Å². The van der Waals surface area contributed by atoms with E-state index >= 15 is 0 Å². The number of likely N-dealkylation sites (tertiary alicyclic amines) is 1. The number of nitrogens with zero attached hydrogens (tertiary/aromatic N) is 2. The smallest absolute Gasteiger partial charge is 0.323 e. The first kappa shape index (κ1) is 35.6. The van der Waals surface area contributed by atoms with Crippen molar-refractivity contribution >= 4 is 55.4 Å². The lowest BCUT2D eigenvalue weighted by atomic mass is 9.89. The molecular weight excluding hydrogens is 669 g/mol. The van der Waals surface area contributed by atoms with Crippen molar-refractivity contribution in [1.82, 2.24) is 9.88 Å². The van der Waals surface area contributed by atoms with E-state index in [9.17, 15) is 26.0 Å². The summed E-state index contributed by atoms with van der Waals surface area (Å²) in [5.41, 5.74) is 2.81. The molecule has 11 nitrogen and oxygen atoms in total. The number of piperidine rings is 1. The maximum absolute atomic E-state index is 13.9. The zero-order valence-electron chi connectivity index (χ0n) is 25.6. The summed E-state index contributed by atoms with van der Waals surface area (Å²) < 4.78 is 67.9. The minimum Gasteiger partial charge on any atom is -0.439 e. The summed E-state index contributed by atoms with van der Waals surface area (Å²) >= 11 is 0. The first-order valence-electron chi connectivity index (χ1n) is 14.4. The molecule has 0 atom stereocenters. The van der Waals surface area contributed by atoms with Crippen LogP contribution in [0.25, 0.3) is 0 Å². The van der Waals surface area contributed by atoms with Gasteiger partial charge in [-0.1, -0.05) is 18.2 Å². The van der Waals surface area contributed by atoms with Gasteiger partial charge in [-0.25, -0.2) is 31.0 Å². The normalized spacial score (nSPS) is 14.1. The van der Waals surface area contributed by atoms with Crippen LogP contribution in [0.4, 0.5) is 26.2 Å². The van der Waals surface area contributed by atoms with Crippen LogP contribution in [0.3, 0.4) is 0 Å². The Labute approximate surface area is 279 Å². The Balaban J connectivity index is 0.00000500. The first-order chi connectivity index (χ1) is 21.8. The Morgan fingerprint density at radius 3 is 2.13 bits per heavy atom. The van der Waals surface area contributed by atoms with Crippen LogP contribution in [-0.2, 0) is 26.4 Å². The Morgan fingerprint density at radius 2 is 1.53 bits per heavy atom. The minimum atomic E-state index is -3.68. The van der Waals surface area contributed by atoms with E-state index in [0.717, 1.165) is 56.6 Å². The number of sulfone groups is 1. The number of ether oxygens (including phenoxy) is 1. The number of carbonyl (C=O) groups excluding carboxylic acids is 1. The molecule has 1 saturated heterocycles. The molecule has 2 heterocycles. The fraction of sp³-hybridized carbons (Fsp3) is 0.250. The third-order valence-corrected chi connectivity index (χ3v) is 9.14. The van der Waals surface area contributed by atoms with Crippen LogP contribution in [0.15, 0.2) is 90.0 Å². The first-order valence-corrected chi connectivity index (χ1v) is 18.2. The second kappa shape index (κ2) is 15.1. The van der Waals surface area contributed by atoms with Gasteiger partial charge in [0, 0.05) is 36.4 Å². The van der Waals surface area contributed by atoms with E-state index in [1.54, 1.807) is 24.4 Å². The van der Waals surface area contributed by atoms with Gasteiger partial charge in [-0.15, -0.1) is 12.4 Å². The molecule has 4 aromatic rings. The lowest BCUT2D eigenvalue weighted by Crippen LogP contribution is -2.32. The van der Waals surface area contributed by atoms with Gasteiger partial charge in [-0.3, -0.25) is 9.62 Å². The molecule has 0 radical (unpaired) electrons. The number of nitrogens with one attached hydrogen (secondary N) is 3. The van der Waals surface area contributed by atoms with Crippen molar-refractivity contribution in [1.29, 1.82) is 0 Å².